The van der Waals surface area contributed by atoms with E-state index in [1.807, 2.05) is 6.92 Å². The highest BCUT2D eigenvalue weighted by molar-refractivity contribution is 6.19. The van der Waals surface area contributed by atoms with Gasteiger partial charge in [-0.1, -0.05) is 6.07 Å². The van der Waals surface area contributed by atoms with Gasteiger partial charge in [-0.15, -0.1) is 0 Å². The molecule has 2 aliphatic rings. The molecule has 1 spiro atoms. The molecular weight excluding hydrogens is 259 g/mol. The third kappa shape index (κ3) is 1.93. The van der Waals surface area contributed by atoms with Gasteiger partial charge in [0.2, 0.25) is 5.91 Å². The summed E-state index contributed by atoms with van der Waals surface area (Å²) in [5.41, 5.74) is -0.315. The normalized spacial score (nSPS) is 30.3. The molecule has 2 atom stereocenters. The van der Waals surface area contributed by atoms with Gasteiger partial charge in [-0.3, -0.25) is 14.5 Å². The Labute approximate surface area is 117 Å². The first-order valence-corrected chi connectivity index (χ1v) is 6.88. The van der Waals surface area contributed by atoms with Crippen LogP contribution in [0.25, 0.3) is 0 Å². The van der Waals surface area contributed by atoms with E-state index in [9.17, 15) is 14.0 Å². The lowest BCUT2D eigenvalue weighted by molar-refractivity contribution is -0.124. The van der Waals surface area contributed by atoms with Gasteiger partial charge in [-0.2, -0.15) is 0 Å². The van der Waals surface area contributed by atoms with E-state index < -0.39 is 11.4 Å². The lowest BCUT2D eigenvalue weighted by Gasteiger charge is -2.42. The van der Waals surface area contributed by atoms with Crippen molar-refractivity contribution in [2.24, 2.45) is 0 Å². The largest absolute Gasteiger partial charge is 0.314 e. The highest BCUT2D eigenvalue weighted by Crippen LogP contribution is 2.40. The van der Waals surface area contributed by atoms with Crippen LogP contribution < -0.4 is 10.2 Å². The van der Waals surface area contributed by atoms with Gasteiger partial charge in [0.15, 0.2) is 5.78 Å². The van der Waals surface area contributed by atoms with Crippen LogP contribution in [0.5, 0.6) is 0 Å². The maximum absolute atomic E-state index is 13.4. The monoisotopic (exact) mass is 276 g/mol. The number of anilines is 1. The van der Waals surface area contributed by atoms with E-state index in [1.165, 1.54) is 17.0 Å². The Hall–Kier alpha value is -1.75. The SMILES string of the molecule is CC1CC2(CCN1)C(=O)CC(=O)N2c1cccc(F)c1. The number of carbonyl (C=O) groups is 2. The zero-order valence-corrected chi connectivity index (χ0v) is 11.4. The van der Waals surface area contributed by atoms with Gasteiger partial charge in [0.25, 0.3) is 0 Å². The molecule has 2 heterocycles. The topological polar surface area (TPSA) is 49.4 Å². The number of halogens is 1. The van der Waals surface area contributed by atoms with Gasteiger partial charge in [-0.05, 0) is 44.5 Å². The summed E-state index contributed by atoms with van der Waals surface area (Å²) in [6.07, 6.45) is 1.08. The molecule has 20 heavy (non-hydrogen) atoms. The van der Waals surface area contributed by atoms with Crippen molar-refractivity contribution >= 4 is 17.4 Å². The third-order valence-electron chi connectivity index (χ3n) is 4.25. The fourth-order valence-electron chi connectivity index (χ4n) is 3.41. The Morgan fingerprint density at radius 2 is 2.20 bits per heavy atom. The van der Waals surface area contributed by atoms with Crippen molar-refractivity contribution < 1.29 is 14.0 Å². The average Bonchev–Trinajstić information content (AvgIpc) is 2.60. The molecule has 0 aromatic heterocycles. The average molecular weight is 276 g/mol. The second kappa shape index (κ2) is 4.66. The van der Waals surface area contributed by atoms with E-state index in [0.717, 1.165) is 0 Å². The number of nitrogens with zero attached hydrogens (tertiary/aromatic N) is 1. The second-order valence-electron chi connectivity index (χ2n) is 5.65. The molecule has 2 aliphatic heterocycles. The molecule has 0 aliphatic carbocycles. The van der Waals surface area contributed by atoms with Crippen LogP contribution in [0.15, 0.2) is 24.3 Å². The van der Waals surface area contributed by atoms with E-state index in [2.05, 4.69) is 5.32 Å². The lowest BCUT2D eigenvalue weighted by atomic mass is 9.81. The molecule has 2 saturated heterocycles. The van der Waals surface area contributed by atoms with Crippen molar-refractivity contribution in [3.05, 3.63) is 30.1 Å². The maximum Gasteiger partial charge on any atom is 0.235 e. The van der Waals surface area contributed by atoms with Crippen LogP contribution in [0.3, 0.4) is 0 Å². The van der Waals surface area contributed by atoms with E-state index in [-0.39, 0.29) is 24.2 Å². The van der Waals surface area contributed by atoms with Crippen LogP contribution in [0.2, 0.25) is 0 Å². The van der Waals surface area contributed by atoms with Crippen molar-refractivity contribution in [3.8, 4) is 0 Å². The molecule has 5 heteroatoms. The molecule has 1 aromatic rings. The minimum Gasteiger partial charge on any atom is -0.314 e. The molecule has 2 fully saturated rings. The Kier molecular flexibility index (Phi) is 3.09. The number of benzene rings is 1. The number of Topliss-reactive ketones (excluding diaryl/α,β-unsaturated/α-hetero) is 1. The van der Waals surface area contributed by atoms with Crippen molar-refractivity contribution in [3.63, 3.8) is 0 Å². The Morgan fingerprint density at radius 3 is 2.90 bits per heavy atom. The molecule has 1 N–H and O–H groups in total. The third-order valence-corrected chi connectivity index (χ3v) is 4.25. The van der Waals surface area contributed by atoms with Crippen LogP contribution in [0, 0.1) is 5.82 Å². The second-order valence-corrected chi connectivity index (χ2v) is 5.65. The Balaban J connectivity index is 2.06. The van der Waals surface area contributed by atoms with Crippen LogP contribution >= 0.6 is 0 Å². The molecule has 4 nitrogen and oxygen atoms in total. The summed E-state index contributed by atoms with van der Waals surface area (Å²) in [4.78, 5) is 26.2. The number of rotatable bonds is 1. The predicted octanol–water partition coefficient (Wildman–Crippen LogP) is 1.64. The van der Waals surface area contributed by atoms with Crippen molar-refractivity contribution in [1.29, 1.82) is 0 Å². The molecular formula is C15H17FN2O2. The first kappa shape index (κ1) is 13.2. The summed E-state index contributed by atoms with van der Waals surface area (Å²) in [5.74, 6) is -0.665. The highest BCUT2D eigenvalue weighted by Gasteiger charge is 2.54. The van der Waals surface area contributed by atoms with Crippen LogP contribution in [-0.2, 0) is 9.59 Å². The van der Waals surface area contributed by atoms with Crippen molar-refractivity contribution in [1.82, 2.24) is 5.32 Å². The quantitative estimate of drug-likeness (QED) is 0.793. The summed E-state index contributed by atoms with van der Waals surface area (Å²) < 4.78 is 13.4. The minimum absolute atomic E-state index is 0.0416. The Morgan fingerprint density at radius 1 is 1.40 bits per heavy atom. The number of piperidine rings is 1. The molecule has 0 radical (unpaired) electrons. The zero-order chi connectivity index (χ0) is 14.3. The lowest BCUT2D eigenvalue weighted by Crippen LogP contribution is -2.58. The summed E-state index contributed by atoms with van der Waals surface area (Å²) >= 11 is 0. The number of amides is 1. The summed E-state index contributed by atoms with van der Waals surface area (Å²) in [6, 6.07) is 6.08. The van der Waals surface area contributed by atoms with Gasteiger partial charge >= 0.3 is 0 Å². The van der Waals surface area contributed by atoms with Gasteiger partial charge in [0.05, 0.1) is 6.42 Å². The van der Waals surface area contributed by atoms with Gasteiger partial charge in [0, 0.05) is 11.7 Å². The fourth-order valence-corrected chi connectivity index (χ4v) is 3.41. The molecule has 106 valence electrons. The van der Waals surface area contributed by atoms with E-state index in [0.29, 0.717) is 25.1 Å². The molecule has 3 rings (SSSR count). The summed E-state index contributed by atoms with van der Waals surface area (Å²) in [5, 5.41) is 3.29. The van der Waals surface area contributed by atoms with E-state index in [1.54, 1.807) is 12.1 Å². The summed E-state index contributed by atoms with van der Waals surface area (Å²) in [6.45, 7) is 2.69. The molecule has 1 aromatic carbocycles. The highest BCUT2D eigenvalue weighted by atomic mass is 19.1. The van der Waals surface area contributed by atoms with E-state index >= 15 is 0 Å². The standard InChI is InChI=1S/C15H17FN2O2/c1-10-9-15(5-6-17-10)13(19)8-14(20)18(15)12-4-2-3-11(16)7-12/h2-4,7,10,17H,5-6,8-9H2,1H3. The van der Waals surface area contributed by atoms with Gasteiger partial charge in [-0.25, -0.2) is 4.39 Å². The molecule has 2 unspecified atom stereocenters. The fraction of sp³-hybridized carbons (Fsp3) is 0.467. The predicted molar refractivity (Wildman–Crippen MR) is 72.9 cm³/mol. The first-order chi connectivity index (χ1) is 9.53. The van der Waals surface area contributed by atoms with Crippen LogP contribution in [-0.4, -0.2) is 29.8 Å². The van der Waals surface area contributed by atoms with Gasteiger partial charge in [0.1, 0.15) is 11.4 Å². The van der Waals surface area contributed by atoms with E-state index in [4.69, 9.17) is 0 Å². The number of nitrogens with one attached hydrogen (secondary N) is 1. The number of hydrogen-bond donors (Lipinski definition) is 1. The maximum atomic E-state index is 13.4. The van der Waals surface area contributed by atoms with Crippen molar-refractivity contribution in [2.45, 2.75) is 37.8 Å². The summed E-state index contributed by atoms with van der Waals surface area (Å²) in [7, 11) is 0. The number of hydrogen-bond acceptors (Lipinski definition) is 3. The number of ketones is 1. The molecule has 0 saturated carbocycles. The number of carbonyl (C=O) groups excluding carboxylic acids is 2. The minimum atomic E-state index is -0.796. The van der Waals surface area contributed by atoms with Crippen molar-refractivity contribution in [2.75, 3.05) is 11.4 Å². The first-order valence-electron chi connectivity index (χ1n) is 6.88. The van der Waals surface area contributed by atoms with Gasteiger partial charge < -0.3 is 5.32 Å². The molecule has 1 amide bonds. The zero-order valence-electron chi connectivity index (χ0n) is 11.4. The Bertz CT molecular complexity index is 575. The smallest absolute Gasteiger partial charge is 0.235 e. The van der Waals surface area contributed by atoms with Crippen LogP contribution in [0.1, 0.15) is 26.2 Å². The molecule has 0 bridgehead atoms. The van der Waals surface area contributed by atoms with Crippen LogP contribution in [0.4, 0.5) is 10.1 Å².